The molecule has 0 radical (unpaired) electrons. The molecule has 1 aliphatic carbocycles. The van der Waals surface area contributed by atoms with Crippen LogP contribution in [0.25, 0.3) is 0 Å². The molecule has 1 N–H and O–H groups in total. The van der Waals surface area contributed by atoms with Crippen LogP contribution in [0.1, 0.15) is 52.4 Å². The van der Waals surface area contributed by atoms with E-state index in [0.717, 1.165) is 13.0 Å². The van der Waals surface area contributed by atoms with Crippen molar-refractivity contribution in [1.29, 1.82) is 0 Å². The molecule has 0 spiro atoms. The summed E-state index contributed by atoms with van der Waals surface area (Å²) in [5.41, 5.74) is 1.71. The zero-order valence-electron chi connectivity index (χ0n) is 9.16. The second kappa shape index (κ2) is 4.80. The lowest BCUT2D eigenvalue weighted by atomic mass is 9.83. The molecule has 1 nitrogen and oxygen atoms in total. The molecule has 1 fully saturated rings. The third kappa shape index (κ3) is 3.95. The maximum atomic E-state index is 3.92. The molecule has 0 saturated heterocycles. The van der Waals surface area contributed by atoms with Crippen LogP contribution in [0.5, 0.6) is 0 Å². The van der Waals surface area contributed by atoms with Crippen molar-refractivity contribution >= 4 is 0 Å². The molecule has 0 aromatic carbocycles. The van der Waals surface area contributed by atoms with Gasteiger partial charge >= 0.3 is 0 Å². The van der Waals surface area contributed by atoms with Gasteiger partial charge in [-0.05, 0) is 39.7 Å². The Labute approximate surface area is 82.6 Å². The van der Waals surface area contributed by atoms with Crippen molar-refractivity contribution in [2.45, 2.75) is 57.9 Å². The SMILES string of the molecule is C=C(C)CCNC1(C)CCCCC1. The van der Waals surface area contributed by atoms with E-state index in [4.69, 9.17) is 0 Å². The smallest absolute Gasteiger partial charge is 0.0153 e. The standard InChI is InChI=1S/C12H23N/c1-11(2)7-10-13-12(3)8-5-4-6-9-12/h13H,1,4-10H2,2-3H3. The highest BCUT2D eigenvalue weighted by Gasteiger charge is 2.25. The van der Waals surface area contributed by atoms with Gasteiger partial charge in [0.05, 0.1) is 0 Å². The summed E-state index contributed by atoms with van der Waals surface area (Å²) in [6.07, 6.45) is 8.05. The van der Waals surface area contributed by atoms with Crippen molar-refractivity contribution in [1.82, 2.24) is 5.32 Å². The van der Waals surface area contributed by atoms with E-state index in [1.807, 2.05) is 0 Å². The van der Waals surface area contributed by atoms with Crippen molar-refractivity contribution in [2.24, 2.45) is 0 Å². The zero-order valence-corrected chi connectivity index (χ0v) is 9.16. The first-order chi connectivity index (χ1) is 6.12. The van der Waals surface area contributed by atoms with Crippen LogP contribution in [0.15, 0.2) is 12.2 Å². The molecule has 76 valence electrons. The monoisotopic (exact) mass is 181 g/mol. The minimum absolute atomic E-state index is 0.424. The lowest BCUT2D eigenvalue weighted by molar-refractivity contribution is 0.256. The van der Waals surface area contributed by atoms with Crippen LogP contribution in [0, 0.1) is 0 Å². The Morgan fingerprint density at radius 1 is 1.31 bits per heavy atom. The van der Waals surface area contributed by atoms with Crippen molar-refractivity contribution in [3.05, 3.63) is 12.2 Å². The van der Waals surface area contributed by atoms with Gasteiger partial charge in [-0.2, -0.15) is 0 Å². The summed E-state index contributed by atoms with van der Waals surface area (Å²) in [7, 11) is 0. The van der Waals surface area contributed by atoms with E-state index < -0.39 is 0 Å². The number of nitrogens with one attached hydrogen (secondary N) is 1. The van der Waals surface area contributed by atoms with E-state index in [-0.39, 0.29) is 0 Å². The Hall–Kier alpha value is -0.300. The molecule has 0 aliphatic heterocycles. The van der Waals surface area contributed by atoms with Crippen LogP contribution in [0.3, 0.4) is 0 Å². The van der Waals surface area contributed by atoms with E-state index in [1.54, 1.807) is 0 Å². The minimum atomic E-state index is 0.424. The fourth-order valence-electron chi connectivity index (χ4n) is 2.09. The quantitative estimate of drug-likeness (QED) is 0.656. The Balaban J connectivity index is 2.21. The van der Waals surface area contributed by atoms with Crippen LogP contribution in [-0.2, 0) is 0 Å². The van der Waals surface area contributed by atoms with Crippen molar-refractivity contribution in [3.63, 3.8) is 0 Å². The average Bonchev–Trinajstić information content (AvgIpc) is 2.04. The molecule has 1 heteroatoms. The van der Waals surface area contributed by atoms with Crippen LogP contribution in [0.2, 0.25) is 0 Å². The number of hydrogen-bond acceptors (Lipinski definition) is 1. The molecule has 0 atom stereocenters. The molecule has 1 aliphatic rings. The molecule has 1 saturated carbocycles. The van der Waals surface area contributed by atoms with Crippen LogP contribution in [-0.4, -0.2) is 12.1 Å². The largest absolute Gasteiger partial charge is 0.311 e. The van der Waals surface area contributed by atoms with Gasteiger partial charge in [-0.25, -0.2) is 0 Å². The van der Waals surface area contributed by atoms with Gasteiger partial charge in [0, 0.05) is 5.54 Å². The van der Waals surface area contributed by atoms with Gasteiger partial charge in [-0.15, -0.1) is 6.58 Å². The Morgan fingerprint density at radius 3 is 2.46 bits per heavy atom. The normalized spacial score (nSPS) is 21.4. The average molecular weight is 181 g/mol. The van der Waals surface area contributed by atoms with Crippen LogP contribution in [0.4, 0.5) is 0 Å². The Bertz CT molecular complexity index is 166. The van der Waals surface area contributed by atoms with Gasteiger partial charge in [0.2, 0.25) is 0 Å². The molecule has 0 bridgehead atoms. The Kier molecular flexibility index (Phi) is 3.98. The highest BCUT2D eigenvalue weighted by atomic mass is 15.0. The second-order valence-corrected chi connectivity index (χ2v) is 4.76. The maximum Gasteiger partial charge on any atom is 0.0153 e. The van der Waals surface area contributed by atoms with Crippen molar-refractivity contribution < 1.29 is 0 Å². The van der Waals surface area contributed by atoms with Gasteiger partial charge in [0.1, 0.15) is 0 Å². The molecule has 0 amide bonds. The summed E-state index contributed by atoms with van der Waals surface area (Å²) in [6, 6.07) is 0. The fourth-order valence-corrected chi connectivity index (χ4v) is 2.09. The van der Waals surface area contributed by atoms with Crippen LogP contribution >= 0.6 is 0 Å². The van der Waals surface area contributed by atoms with E-state index in [0.29, 0.717) is 5.54 Å². The number of rotatable bonds is 4. The second-order valence-electron chi connectivity index (χ2n) is 4.76. The van der Waals surface area contributed by atoms with E-state index in [9.17, 15) is 0 Å². The molecule has 13 heavy (non-hydrogen) atoms. The van der Waals surface area contributed by atoms with Gasteiger partial charge in [-0.1, -0.05) is 24.8 Å². The predicted octanol–water partition coefficient (Wildman–Crippen LogP) is 3.27. The first-order valence-corrected chi connectivity index (χ1v) is 5.52. The van der Waals surface area contributed by atoms with Gasteiger partial charge < -0.3 is 5.32 Å². The summed E-state index contributed by atoms with van der Waals surface area (Å²) in [4.78, 5) is 0. The molecular formula is C12H23N. The molecule has 0 unspecified atom stereocenters. The Morgan fingerprint density at radius 2 is 1.92 bits per heavy atom. The first-order valence-electron chi connectivity index (χ1n) is 5.52. The van der Waals surface area contributed by atoms with E-state index in [1.165, 1.54) is 37.7 Å². The van der Waals surface area contributed by atoms with Gasteiger partial charge in [-0.3, -0.25) is 0 Å². The zero-order chi connectivity index (χ0) is 9.73. The van der Waals surface area contributed by atoms with Gasteiger partial charge in [0.15, 0.2) is 0 Å². The first kappa shape index (κ1) is 10.8. The van der Waals surface area contributed by atoms with E-state index in [2.05, 4.69) is 25.7 Å². The predicted molar refractivity (Wildman–Crippen MR) is 58.9 cm³/mol. The van der Waals surface area contributed by atoms with Crippen molar-refractivity contribution in [3.8, 4) is 0 Å². The lowest BCUT2D eigenvalue weighted by Crippen LogP contribution is -2.44. The number of hydrogen-bond donors (Lipinski definition) is 1. The summed E-state index contributed by atoms with van der Waals surface area (Å²) < 4.78 is 0. The fraction of sp³-hybridized carbons (Fsp3) is 0.833. The molecule has 0 aromatic rings. The van der Waals surface area contributed by atoms with Crippen LogP contribution < -0.4 is 5.32 Å². The summed E-state index contributed by atoms with van der Waals surface area (Å²) in [5.74, 6) is 0. The molecule has 0 heterocycles. The third-order valence-electron chi connectivity index (χ3n) is 3.06. The summed E-state index contributed by atoms with van der Waals surface area (Å²) >= 11 is 0. The molecule has 0 aromatic heterocycles. The topological polar surface area (TPSA) is 12.0 Å². The third-order valence-corrected chi connectivity index (χ3v) is 3.06. The molecular weight excluding hydrogens is 158 g/mol. The minimum Gasteiger partial charge on any atom is -0.311 e. The highest BCUT2D eigenvalue weighted by molar-refractivity contribution is 4.91. The summed E-state index contributed by atoms with van der Waals surface area (Å²) in [6.45, 7) is 9.49. The highest BCUT2D eigenvalue weighted by Crippen LogP contribution is 2.27. The summed E-state index contributed by atoms with van der Waals surface area (Å²) in [5, 5.41) is 3.67. The maximum absolute atomic E-state index is 3.92. The van der Waals surface area contributed by atoms with E-state index >= 15 is 0 Å². The lowest BCUT2D eigenvalue weighted by Gasteiger charge is -2.34. The molecule has 1 rings (SSSR count). The van der Waals surface area contributed by atoms with Crippen molar-refractivity contribution in [2.75, 3.05) is 6.54 Å². The van der Waals surface area contributed by atoms with Gasteiger partial charge in [0.25, 0.3) is 0 Å².